The predicted octanol–water partition coefficient (Wildman–Crippen LogP) is 3.44. The molecule has 0 spiro atoms. The van der Waals surface area contributed by atoms with Crippen molar-refractivity contribution >= 4 is 0 Å². The Kier molecular flexibility index (Phi) is 9.06. The van der Waals surface area contributed by atoms with Crippen molar-refractivity contribution in [2.45, 2.75) is 46.3 Å². The second kappa shape index (κ2) is 10.6. The van der Waals surface area contributed by atoms with Gasteiger partial charge in [-0.3, -0.25) is 0 Å². The van der Waals surface area contributed by atoms with Crippen LogP contribution in [0.1, 0.15) is 50.8 Å². The molecule has 0 aliphatic carbocycles. The quantitative estimate of drug-likeness (QED) is 0.635. The van der Waals surface area contributed by atoms with Crippen LogP contribution in [-0.2, 0) is 16.1 Å². The van der Waals surface area contributed by atoms with Crippen molar-refractivity contribution in [3.05, 3.63) is 29.3 Å². The Morgan fingerprint density at radius 3 is 2.52 bits per heavy atom. The minimum absolute atomic E-state index is 0.0109. The number of ether oxygens (including phenoxy) is 3. The first kappa shape index (κ1) is 18.0. The van der Waals surface area contributed by atoms with Crippen molar-refractivity contribution in [3.63, 3.8) is 0 Å². The van der Waals surface area contributed by atoms with Gasteiger partial charge in [-0.05, 0) is 38.0 Å². The summed E-state index contributed by atoms with van der Waals surface area (Å²) in [6.45, 7) is 9.31. The molecule has 1 aromatic carbocycles. The Morgan fingerprint density at radius 2 is 1.86 bits per heavy atom. The smallest absolute Gasteiger partial charge is 0.124 e. The largest absolute Gasteiger partial charge is 0.494 e. The fourth-order valence-electron chi connectivity index (χ4n) is 1.94. The van der Waals surface area contributed by atoms with Gasteiger partial charge < -0.3 is 19.9 Å². The molecule has 0 saturated carbocycles. The highest BCUT2D eigenvalue weighted by Crippen LogP contribution is 2.23. The highest BCUT2D eigenvalue weighted by Gasteiger charge is 2.07. The van der Waals surface area contributed by atoms with Gasteiger partial charge in [-0.2, -0.15) is 0 Å². The number of rotatable bonds is 11. The van der Waals surface area contributed by atoms with E-state index in [1.165, 1.54) is 0 Å². The van der Waals surface area contributed by atoms with Gasteiger partial charge in [-0.1, -0.05) is 19.4 Å². The van der Waals surface area contributed by atoms with Crippen LogP contribution in [0.15, 0.2) is 18.2 Å². The molecular weight excluding hydrogens is 266 g/mol. The fraction of sp³-hybridized carbons (Fsp3) is 0.647. The van der Waals surface area contributed by atoms with E-state index in [0.717, 1.165) is 36.3 Å². The number of benzene rings is 1. The Hall–Kier alpha value is -1.10. The lowest BCUT2D eigenvalue weighted by Crippen LogP contribution is -2.09. The van der Waals surface area contributed by atoms with E-state index in [0.29, 0.717) is 26.4 Å². The summed E-state index contributed by atoms with van der Waals surface area (Å²) in [6.07, 6.45) is 2.26. The molecule has 4 heteroatoms. The predicted molar refractivity (Wildman–Crippen MR) is 85.6 cm³/mol. The van der Waals surface area contributed by atoms with Crippen LogP contribution in [0.25, 0.3) is 0 Å². The Bertz CT molecular complexity index is 394. The van der Waals surface area contributed by atoms with Gasteiger partial charge in [-0.15, -0.1) is 0 Å². The molecule has 1 unspecified atom stereocenters. The van der Waals surface area contributed by atoms with Crippen molar-refractivity contribution in [2.75, 3.05) is 26.4 Å². The molecule has 0 bridgehead atoms. The highest BCUT2D eigenvalue weighted by molar-refractivity contribution is 5.38. The summed E-state index contributed by atoms with van der Waals surface area (Å²) < 4.78 is 16.8. The number of hydrogen-bond acceptors (Lipinski definition) is 4. The second-order valence-corrected chi connectivity index (χ2v) is 5.11. The molecule has 1 rings (SSSR count). The molecule has 0 saturated heterocycles. The van der Waals surface area contributed by atoms with Crippen LogP contribution in [0.3, 0.4) is 0 Å². The fourth-order valence-corrected chi connectivity index (χ4v) is 1.94. The lowest BCUT2D eigenvalue weighted by molar-refractivity contribution is 0.0389. The SMILES string of the molecule is CCCCOCCOCc1cc(C(C)N)ccc1OCC. The topological polar surface area (TPSA) is 53.7 Å². The molecule has 0 radical (unpaired) electrons. The average Bonchev–Trinajstić information content (AvgIpc) is 2.47. The van der Waals surface area contributed by atoms with Crippen molar-refractivity contribution in [1.82, 2.24) is 0 Å². The second-order valence-electron chi connectivity index (χ2n) is 5.11. The normalized spacial score (nSPS) is 12.4. The molecule has 4 nitrogen and oxygen atoms in total. The average molecular weight is 295 g/mol. The maximum atomic E-state index is 5.93. The third-order valence-corrected chi connectivity index (χ3v) is 3.18. The minimum Gasteiger partial charge on any atom is -0.494 e. The maximum absolute atomic E-state index is 5.93. The molecule has 2 N–H and O–H groups in total. The summed E-state index contributed by atoms with van der Waals surface area (Å²) in [4.78, 5) is 0. The van der Waals surface area contributed by atoms with Crippen LogP contribution >= 0.6 is 0 Å². The van der Waals surface area contributed by atoms with E-state index in [1.807, 2.05) is 26.0 Å². The van der Waals surface area contributed by atoms with E-state index in [-0.39, 0.29) is 6.04 Å². The molecule has 0 heterocycles. The first-order chi connectivity index (χ1) is 10.2. The van der Waals surface area contributed by atoms with Crippen molar-refractivity contribution in [3.8, 4) is 5.75 Å². The van der Waals surface area contributed by atoms with Gasteiger partial charge >= 0.3 is 0 Å². The van der Waals surface area contributed by atoms with Gasteiger partial charge in [0.2, 0.25) is 0 Å². The zero-order valence-electron chi connectivity index (χ0n) is 13.6. The van der Waals surface area contributed by atoms with Gasteiger partial charge in [0.1, 0.15) is 5.75 Å². The summed E-state index contributed by atoms with van der Waals surface area (Å²) in [5.74, 6) is 0.869. The Morgan fingerprint density at radius 1 is 1.10 bits per heavy atom. The molecule has 0 fully saturated rings. The monoisotopic (exact) mass is 295 g/mol. The third-order valence-electron chi connectivity index (χ3n) is 3.18. The number of nitrogens with two attached hydrogens (primary N) is 1. The maximum Gasteiger partial charge on any atom is 0.124 e. The van der Waals surface area contributed by atoms with Crippen LogP contribution in [0.2, 0.25) is 0 Å². The van der Waals surface area contributed by atoms with Gasteiger partial charge in [0.05, 0.1) is 26.4 Å². The lowest BCUT2D eigenvalue weighted by Gasteiger charge is -2.14. The van der Waals surface area contributed by atoms with Crippen LogP contribution < -0.4 is 10.5 Å². The van der Waals surface area contributed by atoms with Crippen molar-refractivity contribution in [2.24, 2.45) is 5.73 Å². The van der Waals surface area contributed by atoms with E-state index in [2.05, 4.69) is 13.0 Å². The van der Waals surface area contributed by atoms with Crippen LogP contribution in [-0.4, -0.2) is 26.4 Å². The van der Waals surface area contributed by atoms with E-state index in [4.69, 9.17) is 19.9 Å². The zero-order valence-corrected chi connectivity index (χ0v) is 13.6. The van der Waals surface area contributed by atoms with E-state index < -0.39 is 0 Å². The van der Waals surface area contributed by atoms with Crippen molar-refractivity contribution < 1.29 is 14.2 Å². The molecule has 1 aromatic rings. The van der Waals surface area contributed by atoms with Crippen LogP contribution in [0.4, 0.5) is 0 Å². The summed E-state index contributed by atoms with van der Waals surface area (Å²) in [5.41, 5.74) is 8.06. The van der Waals surface area contributed by atoms with Gasteiger partial charge in [0.25, 0.3) is 0 Å². The van der Waals surface area contributed by atoms with Gasteiger partial charge in [0.15, 0.2) is 0 Å². The summed E-state index contributed by atoms with van der Waals surface area (Å²) in [6, 6.07) is 6.05. The van der Waals surface area contributed by atoms with E-state index in [1.54, 1.807) is 0 Å². The molecular formula is C17H29NO3. The van der Waals surface area contributed by atoms with E-state index in [9.17, 15) is 0 Å². The molecule has 0 aliphatic rings. The minimum atomic E-state index is 0.0109. The van der Waals surface area contributed by atoms with Crippen LogP contribution in [0, 0.1) is 0 Å². The molecule has 1 atom stereocenters. The summed E-state index contributed by atoms with van der Waals surface area (Å²) in [7, 11) is 0. The summed E-state index contributed by atoms with van der Waals surface area (Å²) >= 11 is 0. The first-order valence-corrected chi connectivity index (χ1v) is 7.85. The Balaban J connectivity index is 2.45. The highest BCUT2D eigenvalue weighted by atomic mass is 16.5. The number of unbranched alkanes of at least 4 members (excludes halogenated alkanes) is 1. The molecule has 120 valence electrons. The van der Waals surface area contributed by atoms with E-state index >= 15 is 0 Å². The van der Waals surface area contributed by atoms with Gasteiger partial charge in [0, 0.05) is 18.2 Å². The molecule has 0 amide bonds. The standard InChI is InChI=1S/C17H29NO3/c1-4-6-9-19-10-11-20-13-16-12-15(14(3)18)7-8-17(16)21-5-2/h7-8,12,14H,4-6,9-11,13,18H2,1-3H3. The Labute approximate surface area is 128 Å². The molecule has 0 aliphatic heterocycles. The van der Waals surface area contributed by atoms with Crippen LogP contribution in [0.5, 0.6) is 5.75 Å². The number of hydrogen-bond donors (Lipinski definition) is 1. The van der Waals surface area contributed by atoms with Gasteiger partial charge in [-0.25, -0.2) is 0 Å². The third kappa shape index (κ3) is 6.93. The summed E-state index contributed by atoms with van der Waals surface area (Å²) in [5, 5.41) is 0. The lowest BCUT2D eigenvalue weighted by atomic mass is 10.1. The zero-order chi connectivity index (χ0) is 15.5. The molecule has 21 heavy (non-hydrogen) atoms. The van der Waals surface area contributed by atoms with Crippen molar-refractivity contribution in [1.29, 1.82) is 0 Å². The first-order valence-electron chi connectivity index (χ1n) is 7.85. The molecule has 0 aromatic heterocycles.